The van der Waals surface area contributed by atoms with Crippen molar-refractivity contribution >= 4 is 23.4 Å². The number of pyridine rings is 1. The van der Waals surface area contributed by atoms with Gasteiger partial charge in [0.2, 0.25) is 5.91 Å². The highest BCUT2D eigenvalue weighted by Crippen LogP contribution is 2.24. The quantitative estimate of drug-likeness (QED) is 0.675. The third kappa shape index (κ3) is 3.85. The number of H-pyrrole nitrogens is 1. The Morgan fingerprint density at radius 1 is 1.23 bits per heavy atom. The van der Waals surface area contributed by atoms with Crippen LogP contribution in [0.15, 0.2) is 46.5 Å². The summed E-state index contributed by atoms with van der Waals surface area (Å²) in [5.74, 6) is 0.595. The van der Waals surface area contributed by atoms with Gasteiger partial charge in [-0.1, -0.05) is 23.9 Å². The van der Waals surface area contributed by atoms with Crippen molar-refractivity contribution in [3.8, 4) is 5.69 Å². The van der Waals surface area contributed by atoms with Crippen LogP contribution in [0.2, 0.25) is 0 Å². The maximum absolute atomic E-state index is 12.2. The molecule has 0 unspecified atom stereocenters. The van der Waals surface area contributed by atoms with E-state index in [1.807, 2.05) is 31.4 Å². The van der Waals surface area contributed by atoms with Crippen LogP contribution in [-0.4, -0.2) is 31.4 Å². The zero-order valence-electron chi connectivity index (χ0n) is 14.7. The van der Waals surface area contributed by atoms with Gasteiger partial charge in [-0.2, -0.15) is 0 Å². The Hall–Kier alpha value is -2.87. The largest absolute Gasteiger partial charge is 0.327 e. The van der Waals surface area contributed by atoms with Crippen molar-refractivity contribution in [1.29, 1.82) is 0 Å². The van der Waals surface area contributed by atoms with Crippen LogP contribution in [0.25, 0.3) is 5.69 Å². The van der Waals surface area contributed by atoms with Crippen molar-refractivity contribution < 1.29 is 4.79 Å². The zero-order chi connectivity index (χ0) is 18.7. The molecular weight excluding hydrogens is 350 g/mol. The second-order valence-electron chi connectivity index (χ2n) is 5.90. The van der Waals surface area contributed by atoms with E-state index in [-0.39, 0.29) is 22.9 Å². The van der Waals surface area contributed by atoms with Gasteiger partial charge in [-0.05, 0) is 50.1 Å². The molecule has 0 saturated carbocycles. The van der Waals surface area contributed by atoms with Gasteiger partial charge in [0.05, 0.1) is 11.4 Å². The van der Waals surface area contributed by atoms with E-state index in [1.54, 1.807) is 12.1 Å². The Morgan fingerprint density at radius 2 is 2.04 bits per heavy atom. The van der Waals surface area contributed by atoms with E-state index >= 15 is 0 Å². The van der Waals surface area contributed by atoms with Crippen molar-refractivity contribution in [3.05, 3.63) is 63.8 Å². The van der Waals surface area contributed by atoms with Crippen LogP contribution in [0.1, 0.15) is 17.0 Å². The summed E-state index contributed by atoms with van der Waals surface area (Å²) in [5, 5.41) is 11.6. The Bertz CT molecular complexity index is 1010. The number of amides is 1. The number of thioether (sulfide) groups is 1. The van der Waals surface area contributed by atoms with E-state index in [2.05, 4.69) is 32.6 Å². The number of carbonyl (C=O) groups excluding carboxylic acids is 1. The summed E-state index contributed by atoms with van der Waals surface area (Å²) in [7, 11) is 0. The summed E-state index contributed by atoms with van der Waals surface area (Å²) < 4.78 is 1.94. The van der Waals surface area contributed by atoms with Crippen LogP contribution in [0, 0.1) is 20.8 Å². The fraction of sp³-hybridized carbons (Fsp3) is 0.222. The third-order valence-electron chi connectivity index (χ3n) is 3.83. The molecule has 3 rings (SSSR count). The molecule has 3 aromatic rings. The number of hydrogen-bond donors (Lipinski definition) is 2. The monoisotopic (exact) mass is 369 g/mol. The van der Waals surface area contributed by atoms with Gasteiger partial charge in [-0.3, -0.25) is 14.2 Å². The number of aromatic nitrogens is 4. The molecule has 0 fully saturated rings. The molecule has 0 aliphatic carbocycles. The molecule has 0 spiro atoms. The number of benzene rings is 1. The van der Waals surface area contributed by atoms with Crippen molar-refractivity contribution in [1.82, 2.24) is 19.7 Å². The van der Waals surface area contributed by atoms with Gasteiger partial charge in [0.1, 0.15) is 11.5 Å². The first-order valence-electron chi connectivity index (χ1n) is 8.05. The summed E-state index contributed by atoms with van der Waals surface area (Å²) in [5.41, 5.74) is 3.12. The fourth-order valence-corrected chi connectivity index (χ4v) is 3.30. The molecule has 2 N–H and O–H groups in total. The molecule has 0 radical (unpaired) electrons. The maximum Gasteiger partial charge on any atom is 0.271 e. The highest BCUT2D eigenvalue weighted by molar-refractivity contribution is 7.99. The predicted molar refractivity (Wildman–Crippen MR) is 102 cm³/mol. The van der Waals surface area contributed by atoms with E-state index in [4.69, 9.17) is 0 Å². The number of anilines is 1. The van der Waals surface area contributed by atoms with Crippen molar-refractivity contribution in [2.24, 2.45) is 0 Å². The van der Waals surface area contributed by atoms with Crippen molar-refractivity contribution in [3.63, 3.8) is 0 Å². The normalized spacial score (nSPS) is 10.7. The minimum Gasteiger partial charge on any atom is -0.327 e. The number of nitrogens with one attached hydrogen (secondary N) is 2. The number of rotatable bonds is 5. The fourth-order valence-electron chi connectivity index (χ4n) is 2.51. The number of nitrogens with zero attached hydrogens (tertiary/aromatic N) is 3. The lowest BCUT2D eigenvalue weighted by Crippen LogP contribution is -2.20. The lowest BCUT2D eigenvalue weighted by Gasteiger charge is -2.12. The molecule has 8 heteroatoms. The second kappa shape index (κ2) is 7.57. The molecule has 7 nitrogen and oxygen atoms in total. The summed E-state index contributed by atoms with van der Waals surface area (Å²) in [6.45, 7) is 5.93. The smallest absolute Gasteiger partial charge is 0.271 e. The maximum atomic E-state index is 12.2. The van der Waals surface area contributed by atoms with Gasteiger partial charge in [0, 0.05) is 6.20 Å². The first-order chi connectivity index (χ1) is 12.5. The van der Waals surface area contributed by atoms with Gasteiger partial charge < -0.3 is 10.3 Å². The SMILES string of the molecule is Cc1ccc(C)c(-n2c(C)nnc2SCC(=O)Nc2ccc[nH]c2=O)c1. The van der Waals surface area contributed by atoms with Crippen molar-refractivity contribution in [2.75, 3.05) is 11.1 Å². The molecule has 2 heterocycles. The summed E-state index contributed by atoms with van der Waals surface area (Å²) in [6.07, 6.45) is 1.52. The third-order valence-corrected chi connectivity index (χ3v) is 4.75. The average molecular weight is 369 g/mol. The van der Waals surface area contributed by atoms with Gasteiger partial charge >= 0.3 is 0 Å². The second-order valence-corrected chi connectivity index (χ2v) is 6.85. The molecular formula is C18H19N5O2S. The summed E-state index contributed by atoms with van der Waals surface area (Å²) >= 11 is 1.28. The number of hydrogen-bond acceptors (Lipinski definition) is 5. The van der Waals surface area contributed by atoms with Gasteiger partial charge in [-0.25, -0.2) is 0 Å². The Morgan fingerprint density at radius 3 is 2.81 bits per heavy atom. The van der Waals surface area contributed by atoms with E-state index in [0.29, 0.717) is 5.16 Å². The first kappa shape index (κ1) is 17.9. The standard InChI is InChI=1S/C18H19N5O2S/c1-11-6-7-12(2)15(9-11)23-13(3)21-22-18(23)26-10-16(24)20-14-5-4-8-19-17(14)25/h4-9H,10H2,1-3H3,(H,19,25)(H,20,24). The van der Waals surface area contributed by atoms with E-state index in [1.165, 1.54) is 18.0 Å². The topological polar surface area (TPSA) is 92.7 Å². The highest BCUT2D eigenvalue weighted by Gasteiger charge is 2.15. The lowest BCUT2D eigenvalue weighted by molar-refractivity contribution is -0.113. The van der Waals surface area contributed by atoms with Gasteiger partial charge in [0.25, 0.3) is 5.56 Å². The molecule has 26 heavy (non-hydrogen) atoms. The average Bonchev–Trinajstić information content (AvgIpc) is 2.98. The number of aromatic amines is 1. The summed E-state index contributed by atoms with van der Waals surface area (Å²) in [6, 6.07) is 9.39. The molecule has 2 aromatic heterocycles. The highest BCUT2D eigenvalue weighted by atomic mass is 32.2. The molecule has 0 aliphatic heterocycles. The van der Waals surface area contributed by atoms with Crippen LogP contribution in [0.3, 0.4) is 0 Å². The van der Waals surface area contributed by atoms with Gasteiger partial charge in [0.15, 0.2) is 5.16 Å². The molecule has 0 bridgehead atoms. The molecule has 134 valence electrons. The van der Waals surface area contributed by atoms with Crippen LogP contribution < -0.4 is 10.9 Å². The molecule has 1 aromatic carbocycles. The minimum absolute atomic E-state index is 0.122. The lowest BCUT2D eigenvalue weighted by atomic mass is 10.1. The predicted octanol–water partition coefficient (Wildman–Crippen LogP) is 2.61. The van der Waals surface area contributed by atoms with Crippen LogP contribution >= 0.6 is 11.8 Å². The molecule has 1 amide bonds. The van der Waals surface area contributed by atoms with Crippen LogP contribution in [0.4, 0.5) is 5.69 Å². The summed E-state index contributed by atoms with van der Waals surface area (Å²) in [4.78, 5) is 26.3. The Kier molecular flexibility index (Phi) is 5.22. The van der Waals surface area contributed by atoms with Crippen LogP contribution in [0.5, 0.6) is 0 Å². The Labute approximate surface area is 154 Å². The molecule has 0 saturated heterocycles. The first-order valence-corrected chi connectivity index (χ1v) is 9.04. The van der Waals surface area contributed by atoms with E-state index in [0.717, 1.165) is 22.6 Å². The van der Waals surface area contributed by atoms with E-state index < -0.39 is 0 Å². The molecule has 0 atom stereocenters. The zero-order valence-corrected chi connectivity index (χ0v) is 15.6. The van der Waals surface area contributed by atoms with Crippen molar-refractivity contribution in [2.45, 2.75) is 25.9 Å². The Balaban J connectivity index is 1.77. The minimum atomic E-state index is -0.333. The van der Waals surface area contributed by atoms with E-state index in [9.17, 15) is 9.59 Å². The van der Waals surface area contributed by atoms with Gasteiger partial charge in [-0.15, -0.1) is 10.2 Å². The van der Waals surface area contributed by atoms with Crippen LogP contribution in [-0.2, 0) is 4.79 Å². The number of aryl methyl sites for hydroxylation is 3. The molecule has 0 aliphatic rings. The number of carbonyl (C=O) groups is 1.